The molecular weight excluding hydrogens is 466 g/mol. The maximum Gasteiger partial charge on any atom is 0.244 e. The number of benzene rings is 2. The van der Waals surface area contributed by atoms with E-state index in [1.54, 1.807) is 44.4 Å². The molecule has 0 aliphatic rings. The predicted octanol–water partition coefficient (Wildman–Crippen LogP) is 3.21. The second-order valence-electron chi connectivity index (χ2n) is 8.98. The van der Waals surface area contributed by atoms with Gasteiger partial charge in [-0.25, -0.2) is 8.42 Å². The highest BCUT2D eigenvalue weighted by molar-refractivity contribution is 7.92. The fourth-order valence-electron chi connectivity index (χ4n) is 3.51. The van der Waals surface area contributed by atoms with Crippen LogP contribution >= 0.6 is 0 Å². The van der Waals surface area contributed by atoms with E-state index in [9.17, 15) is 18.0 Å². The van der Waals surface area contributed by atoms with Crippen molar-refractivity contribution in [3.05, 3.63) is 59.7 Å². The lowest BCUT2D eigenvalue weighted by molar-refractivity contribution is -0.139. The largest absolute Gasteiger partial charge is 0.497 e. The van der Waals surface area contributed by atoms with Crippen molar-refractivity contribution in [2.75, 3.05) is 30.8 Å². The predicted molar refractivity (Wildman–Crippen MR) is 139 cm³/mol. The van der Waals surface area contributed by atoms with Crippen LogP contribution in [0.15, 0.2) is 48.5 Å². The molecule has 0 radical (unpaired) electrons. The van der Waals surface area contributed by atoms with Gasteiger partial charge >= 0.3 is 0 Å². The molecule has 192 valence electrons. The summed E-state index contributed by atoms with van der Waals surface area (Å²) in [5.41, 5.74) is 2.22. The molecule has 2 aromatic carbocycles. The van der Waals surface area contributed by atoms with Crippen LogP contribution in [0.4, 0.5) is 5.69 Å². The van der Waals surface area contributed by atoms with Gasteiger partial charge < -0.3 is 15.0 Å². The summed E-state index contributed by atoms with van der Waals surface area (Å²) in [5, 5.41) is 2.86. The number of nitrogens with zero attached hydrogens (tertiary/aromatic N) is 2. The van der Waals surface area contributed by atoms with Gasteiger partial charge in [0.1, 0.15) is 18.3 Å². The number of sulfonamides is 1. The van der Waals surface area contributed by atoms with Crippen LogP contribution in [0.3, 0.4) is 0 Å². The van der Waals surface area contributed by atoms with Crippen molar-refractivity contribution in [1.29, 1.82) is 0 Å². The van der Waals surface area contributed by atoms with E-state index in [-0.39, 0.29) is 18.4 Å². The minimum atomic E-state index is -3.75. The van der Waals surface area contributed by atoms with E-state index in [1.807, 2.05) is 39.0 Å². The van der Waals surface area contributed by atoms with Crippen molar-refractivity contribution < 1.29 is 22.7 Å². The molecule has 0 saturated heterocycles. The van der Waals surface area contributed by atoms with Crippen LogP contribution in [0.1, 0.15) is 38.8 Å². The summed E-state index contributed by atoms with van der Waals surface area (Å²) >= 11 is 0. The number of anilines is 1. The van der Waals surface area contributed by atoms with Crippen molar-refractivity contribution in [3.8, 4) is 5.75 Å². The molecular formula is C26H37N3O5S. The van der Waals surface area contributed by atoms with Crippen LogP contribution in [0.5, 0.6) is 5.75 Å². The summed E-state index contributed by atoms with van der Waals surface area (Å²) in [6.07, 6.45) is 1.88. The van der Waals surface area contributed by atoms with Crippen molar-refractivity contribution in [2.24, 2.45) is 5.92 Å². The van der Waals surface area contributed by atoms with Crippen LogP contribution in [0.2, 0.25) is 0 Å². The molecule has 2 amide bonds. The Hall–Kier alpha value is -3.07. The van der Waals surface area contributed by atoms with Crippen LogP contribution in [-0.4, -0.2) is 57.6 Å². The van der Waals surface area contributed by atoms with Gasteiger partial charge in [0.2, 0.25) is 21.8 Å². The molecule has 2 aromatic rings. The zero-order valence-electron chi connectivity index (χ0n) is 21.4. The van der Waals surface area contributed by atoms with Crippen LogP contribution in [-0.2, 0) is 32.6 Å². The van der Waals surface area contributed by atoms with Gasteiger partial charge in [0.25, 0.3) is 0 Å². The molecule has 1 N–H and O–H groups in total. The number of hydrogen-bond donors (Lipinski definition) is 1. The molecule has 0 aliphatic carbocycles. The molecule has 8 nitrogen and oxygen atoms in total. The average molecular weight is 504 g/mol. The van der Waals surface area contributed by atoms with Gasteiger partial charge in [-0.3, -0.25) is 13.9 Å². The van der Waals surface area contributed by atoms with Crippen molar-refractivity contribution >= 4 is 27.5 Å². The van der Waals surface area contributed by atoms with Crippen molar-refractivity contribution in [2.45, 2.75) is 46.7 Å². The summed E-state index contributed by atoms with van der Waals surface area (Å²) in [6.45, 7) is 7.80. The Morgan fingerprint density at radius 2 is 1.69 bits per heavy atom. The van der Waals surface area contributed by atoms with E-state index in [1.165, 1.54) is 4.90 Å². The summed E-state index contributed by atoms with van der Waals surface area (Å²) < 4.78 is 31.6. The monoisotopic (exact) mass is 503 g/mol. The van der Waals surface area contributed by atoms with Gasteiger partial charge in [-0.05, 0) is 54.7 Å². The summed E-state index contributed by atoms with van der Waals surface area (Å²) in [7, 11) is -2.20. The topological polar surface area (TPSA) is 96.0 Å². The standard InChI is InChI=1S/C26H37N3O5S/c1-7-21-11-13-23(14-12-21)29(35(6,32)33)18-25(30)28(20(4)26(31)27-16-19(2)3)17-22-9-8-10-24(15-22)34-5/h8-15,19-20H,7,16-18H2,1-6H3,(H,27,31). The number of aryl methyl sites for hydroxylation is 1. The second kappa shape index (κ2) is 12.6. The number of carbonyl (C=O) groups is 2. The van der Waals surface area contributed by atoms with Gasteiger partial charge in [0.05, 0.1) is 19.1 Å². The Bertz CT molecular complexity index is 1100. The van der Waals surface area contributed by atoms with Gasteiger partial charge in [0.15, 0.2) is 0 Å². The molecule has 0 saturated carbocycles. The van der Waals surface area contributed by atoms with Gasteiger partial charge in [0, 0.05) is 13.1 Å². The number of methoxy groups -OCH3 is 1. The van der Waals surface area contributed by atoms with Gasteiger partial charge in [-0.15, -0.1) is 0 Å². The van der Waals surface area contributed by atoms with Crippen LogP contribution in [0, 0.1) is 5.92 Å². The molecule has 9 heteroatoms. The highest BCUT2D eigenvalue weighted by Gasteiger charge is 2.30. The Morgan fingerprint density at radius 1 is 1.03 bits per heavy atom. The SMILES string of the molecule is CCc1ccc(N(CC(=O)N(Cc2cccc(OC)c2)C(C)C(=O)NCC(C)C)S(C)(=O)=O)cc1. The van der Waals surface area contributed by atoms with E-state index in [2.05, 4.69) is 5.32 Å². The highest BCUT2D eigenvalue weighted by Crippen LogP contribution is 2.21. The van der Waals surface area contributed by atoms with Gasteiger partial charge in [-0.1, -0.05) is 45.0 Å². The van der Waals surface area contributed by atoms with Crippen LogP contribution in [0.25, 0.3) is 0 Å². The first-order valence-electron chi connectivity index (χ1n) is 11.7. The number of ether oxygens (including phenoxy) is 1. The van der Waals surface area contributed by atoms with Gasteiger partial charge in [-0.2, -0.15) is 0 Å². The normalized spacial score (nSPS) is 12.2. The number of rotatable bonds is 12. The highest BCUT2D eigenvalue weighted by atomic mass is 32.2. The average Bonchev–Trinajstić information content (AvgIpc) is 2.83. The molecule has 0 fully saturated rings. The molecule has 35 heavy (non-hydrogen) atoms. The molecule has 0 bridgehead atoms. The van der Waals surface area contributed by atoms with Crippen LogP contribution < -0.4 is 14.4 Å². The zero-order valence-corrected chi connectivity index (χ0v) is 22.3. The third kappa shape index (κ3) is 8.28. The first-order valence-corrected chi connectivity index (χ1v) is 13.6. The van der Waals surface area contributed by atoms with E-state index in [0.717, 1.165) is 28.1 Å². The third-order valence-corrected chi connectivity index (χ3v) is 6.79. The number of hydrogen-bond acceptors (Lipinski definition) is 5. The summed E-state index contributed by atoms with van der Waals surface area (Å²) in [5.74, 6) is 0.0965. The lowest BCUT2D eigenvalue weighted by atomic mass is 10.1. The number of carbonyl (C=O) groups excluding carboxylic acids is 2. The Balaban J connectivity index is 2.37. The molecule has 0 spiro atoms. The first kappa shape index (κ1) is 28.2. The third-order valence-electron chi connectivity index (χ3n) is 5.65. The molecule has 2 rings (SSSR count). The molecule has 1 atom stereocenters. The molecule has 0 heterocycles. The quantitative estimate of drug-likeness (QED) is 0.480. The van der Waals surface area contributed by atoms with E-state index in [4.69, 9.17) is 4.74 Å². The van der Waals surface area contributed by atoms with Crippen molar-refractivity contribution in [1.82, 2.24) is 10.2 Å². The second-order valence-corrected chi connectivity index (χ2v) is 10.9. The minimum Gasteiger partial charge on any atom is -0.497 e. The summed E-state index contributed by atoms with van der Waals surface area (Å²) in [6, 6.07) is 13.5. The van der Waals surface area contributed by atoms with Crippen molar-refractivity contribution in [3.63, 3.8) is 0 Å². The van der Waals surface area contributed by atoms with E-state index < -0.39 is 28.5 Å². The summed E-state index contributed by atoms with van der Waals surface area (Å²) in [4.78, 5) is 27.8. The Kier molecular flexibility index (Phi) is 10.1. The molecule has 0 aromatic heterocycles. The zero-order chi connectivity index (χ0) is 26.2. The maximum absolute atomic E-state index is 13.5. The lowest BCUT2D eigenvalue weighted by Gasteiger charge is -2.31. The fraction of sp³-hybridized carbons (Fsp3) is 0.462. The lowest BCUT2D eigenvalue weighted by Crippen LogP contribution is -2.51. The molecule has 0 aliphatic heterocycles. The fourth-order valence-corrected chi connectivity index (χ4v) is 4.36. The Labute approximate surface area is 209 Å². The smallest absolute Gasteiger partial charge is 0.244 e. The number of amides is 2. The number of nitrogens with one attached hydrogen (secondary N) is 1. The first-order chi connectivity index (χ1) is 16.5. The minimum absolute atomic E-state index is 0.124. The molecule has 1 unspecified atom stereocenters. The van der Waals surface area contributed by atoms with E-state index in [0.29, 0.717) is 18.0 Å². The Morgan fingerprint density at radius 3 is 2.23 bits per heavy atom. The van der Waals surface area contributed by atoms with E-state index >= 15 is 0 Å². The maximum atomic E-state index is 13.5.